The smallest absolute Gasteiger partial charge is 0.0470 e. The predicted molar refractivity (Wildman–Crippen MR) is 58.4 cm³/mol. The van der Waals surface area contributed by atoms with E-state index in [1.54, 1.807) is 7.11 Å². The Morgan fingerprint density at radius 3 is 2.54 bits per heavy atom. The van der Waals surface area contributed by atoms with E-state index in [1.165, 1.54) is 10.5 Å². The Hall–Kier alpha value is -0.470. The van der Waals surface area contributed by atoms with Crippen LogP contribution < -0.4 is 0 Å². The molecule has 0 aromatic heterocycles. The first-order valence-corrected chi connectivity index (χ1v) is 5.50. The molecule has 2 heteroatoms. The standard InChI is InChI=1S/C11H16OS/c1-10-4-6-11(7-5-10)13-9-3-8-12-2/h4-7H,3,8-9H2,1-2H3. The van der Waals surface area contributed by atoms with E-state index in [0.717, 1.165) is 18.8 Å². The maximum absolute atomic E-state index is 4.99. The minimum atomic E-state index is 0.860. The molecule has 1 nitrogen and oxygen atoms in total. The summed E-state index contributed by atoms with van der Waals surface area (Å²) in [5.41, 5.74) is 1.32. The van der Waals surface area contributed by atoms with Crippen LogP contribution in [0.25, 0.3) is 0 Å². The van der Waals surface area contributed by atoms with Crippen LogP contribution in [0.4, 0.5) is 0 Å². The second-order valence-corrected chi connectivity index (χ2v) is 4.18. The highest BCUT2D eigenvalue weighted by Crippen LogP contribution is 2.18. The number of methoxy groups -OCH3 is 1. The van der Waals surface area contributed by atoms with E-state index in [4.69, 9.17) is 4.74 Å². The Bertz CT molecular complexity index is 230. The quantitative estimate of drug-likeness (QED) is 0.528. The zero-order valence-corrected chi connectivity index (χ0v) is 9.06. The summed E-state index contributed by atoms with van der Waals surface area (Å²) in [6.07, 6.45) is 1.12. The van der Waals surface area contributed by atoms with Gasteiger partial charge in [0, 0.05) is 24.4 Å². The van der Waals surface area contributed by atoms with Gasteiger partial charge in [-0.1, -0.05) is 17.7 Å². The summed E-state index contributed by atoms with van der Waals surface area (Å²) in [7, 11) is 1.75. The fourth-order valence-corrected chi connectivity index (χ4v) is 1.85. The van der Waals surface area contributed by atoms with Crippen LogP contribution in [0.2, 0.25) is 0 Å². The molecule has 0 aliphatic heterocycles. The molecule has 0 aliphatic carbocycles. The van der Waals surface area contributed by atoms with Crippen LogP contribution in [0.1, 0.15) is 12.0 Å². The lowest BCUT2D eigenvalue weighted by molar-refractivity contribution is 0.200. The molecule has 0 heterocycles. The molecule has 0 saturated carbocycles. The molecule has 0 saturated heterocycles. The molecule has 1 aromatic carbocycles. The number of hydrogen-bond acceptors (Lipinski definition) is 2. The molecule has 1 aromatic rings. The van der Waals surface area contributed by atoms with Crippen LogP contribution >= 0.6 is 11.8 Å². The minimum absolute atomic E-state index is 0.860. The maximum atomic E-state index is 4.99. The van der Waals surface area contributed by atoms with E-state index < -0.39 is 0 Å². The zero-order chi connectivity index (χ0) is 9.52. The monoisotopic (exact) mass is 196 g/mol. The van der Waals surface area contributed by atoms with Gasteiger partial charge >= 0.3 is 0 Å². The molecule has 72 valence electrons. The first-order valence-electron chi connectivity index (χ1n) is 4.51. The van der Waals surface area contributed by atoms with Gasteiger partial charge in [-0.25, -0.2) is 0 Å². The first-order chi connectivity index (χ1) is 6.33. The van der Waals surface area contributed by atoms with Crippen molar-refractivity contribution in [3.63, 3.8) is 0 Å². The lowest BCUT2D eigenvalue weighted by Crippen LogP contribution is -1.89. The van der Waals surface area contributed by atoms with Gasteiger partial charge in [0.25, 0.3) is 0 Å². The second-order valence-electron chi connectivity index (χ2n) is 3.01. The fraction of sp³-hybridized carbons (Fsp3) is 0.455. The Kier molecular flexibility index (Phi) is 4.94. The number of ether oxygens (including phenoxy) is 1. The second kappa shape index (κ2) is 6.06. The lowest BCUT2D eigenvalue weighted by Gasteiger charge is -2.01. The summed E-state index contributed by atoms with van der Waals surface area (Å²) < 4.78 is 4.99. The Labute approximate surface area is 84.5 Å². The van der Waals surface area contributed by atoms with E-state index in [2.05, 4.69) is 31.2 Å². The first kappa shape index (κ1) is 10.6. The van der Waals surface area contributed by atoms with Crippen molar-refractivity contribution in [2.45, 2.75) is 18.2 Å². The largest absolute Gasteiger partial charge is 0.385 e. The molecular weight excluding hydrogens is 180 g/mol. The highest BCUT2D eigenvalue weighted by Gasteiger charge is 1.92. The van der Waals surface area contributed by atoms with Gasteiger partial charge in [0.1, 0.15) is 0 Å². The lowest BCUT2D eigenvalue weighted by atomic mass is 10.2. The zero-order valence-electron chi connectivity index (χ0n) is 8.25. The van der Waals surface area contributed by atoms with Crippen LogP contribution in [0.3, 0.4) is 0 Å². The van der Waals surface area contributed by atoms with Crippen molar-refractivity contribution in [3.05, 3.63) is 29.8 Å². The van der Waals surface area contributed by atoms with Crippen molar-refractivity contribution in [3.8, 4) is 0 Å². The van der Waals surface area contributed by atoms with Gasteiger partial charge in [0.15, 0.2) is 0 Å². The van der Waals surface area contributed by atoms with Crippen LogP contribution in [-0.4, -0.2) is 19.5 Å². The van der Waals surface area contributed by atoms with Crippen molar-refractivity contribution in [2.75, 3.05) is 19.5 Å². The van der Waals surface area contributed by atoms with E-state index in [0.29, 0.717) is 0 Å². The van der Waals surface area contributed by atoms with Gasteiger partial charge in [-0.15, -0.1) is 11.8 Å². The van der Waals surface area contributed by atoms with E-state index in [9.17, 15) is 0 Å². The van der Waals surface area contributed by atoms with Gasteiger partial charge in [-0.3, -0.25) is 0 Å². The molecule has 0 bridgehead atoms. The van der Waals surface area contributed by atoms with E-state index in [-0.39, 0.29) is 0 Å². The Balaban J connectivity index is 2.25. The maximum Gasteiger partial charge on any atom is 0.0470 e. The number of rotatable bonds is 5. The van der Waals surface area contributed by atoms with Crippen LogP contribution in [0, 0.1) is 6.92 Å². The Morgan fingerprint density at radius 2 is 1.92 bits per heavy atom. The highest BCUT2D eigenvalue weighted by atomic mass is 32.2. The molecule has 0 unspecified atom stereocenters. The molecule has 0 fully saturated rings. The van der Waals surface area contributed by atoms with E-state index in [1.807, 2.05) is 11.8 Å². The average molecular weight is 196 g/mol. The van der Waals surface area contributed by atoms with Crippen LogP contribution in [0.15, 0.2) is 29.2 Å². The molecule has 0 aliphatic rings. The third-order valence-electron chi connectivity index (χ3n) is 1.78. The SMILES string of the molecule is COCCCSc1ccc(C)cc1. The van der Waals surface area contributed by atoms with Crippen molar-refractivity contribution in [2.24, 2.45) is 0 Å². The third kappa shape index (κ3) is 4.34. The van der Waals surface area contributed by atoms with Gasteiger partial charge in [-0.05, 0) is 25.5 Å². The molecule has 0 amide bonds. The molecule has 0 spiro atoms. The van der Waals surface area contributed by atoms with Crippen molar-refractivity contribution in [1.82, 2.24) is 0 Å². The summed E-state index contributed by atoms with van der Waals surface area (Å²) in [4.78, 5) is 1.35. The van der Waals surface area contributed by atoms with Gasteiger partial charge in [0.05, 0.1) is 0 Å². The number of aryl methyl sites for hydroxylation is 1. The van der Waals surface area contributed by atoms with E-state index >= 15 is 0 Å². The van der Waals surface area contributed by atoms with Crippen molar-refractivity contribution < 1.29 is 4.74 Å². The number of benzene rings is 1. The average Bonchev–Trinajstić information content (AvgIpc) is 2.15. The normalized spacial score (nSPS) is 10.3. The molecule has 0 radical (unpaired) electrons. The summed E-state index contributed by atoms with van der Waals surface area (Å²) in [5.74, 6) is 1.14. The fourth-order valence-electron chi connectivity index (χ4n) is 1.03. The van der Waals surface area contributed by atoms with Crippen LogP contribution in [0.5, 0.6) is 0 Å². The predicted octanol–water partition coefficient (Wildman–Crippen LogP) is 3.12. The van der Waals surface area contributed by atoms with Gasteiger partial charge in [0.2, 0.25) is 0 Å². The molecular formula is C11H16OS. The Morgan fingerprint density at radius 1 is 1.23 bits per heavy atom. The summed E-state index contributed by atoms with van der Waals surface area (Å²) in [6, 6.07) is 8.65. The summed E-state index contributed by atoms with van der Waals surface area (Å²) in [6.45, 7) is 2.97. The minimum Gasteiger partial charge on any atom is -0.385 e. The van der Waals surface area contributed by atoms with Gasteiger partial charge in [-0.2, -0.15) is 0 Å². The molecule has 0 N–H and O–H groups in total. The van der Waals surface area contributed by atoms with Gasteiger partial charge < -0.3 is 4.74 Å². The number of thioether (sulfide) groups is 1. The molecule has 0 atom stereocenters. The molecule has 13 heavy (non-hydrogen) atoms. The van der Waals surface area contributed by atoms with Crippen LogP contribution in [-0.2, 0) is 4.74 Å². The topological polar surface area (TPSA) is 9.23 Å². The highest BCUT2D eigenvalue weighted by molar-refractivity contribution is 7.99. The van der Waals surface area contributed by atoms with Crippen molar-refractivity contribution in [1.29, 1.82) is 0 Å². The third-order valence-corrected chi connectivity index (χ3v) is 2.88. The number of hydrogen-bond donors (Lipinski definition) is 0. The summed E-state index contributed by atoms with van der Waals surface area (Å²) >= 11 is 1.89. The summed E-state index contributed by atoms with van der Waals surface area (Å²) in [5, 5.41) is 0. The van der Waals surface area contributed by atoms with Crippen molar-refractivity contribution >= 4 is 11.8 Å². The molecule has 1 rings (SSSR count).